The van der Waals surface area contributed by atoms with Gasteiger partial charge in [0.05, 0.1) is 11.2 Å². The van der Waals surface area contributed by atoms with Gasteiger partial charge in [-0.2, -0.15) is 0 Å². The minimum Gasteiger partial charge on any atom is -0.233 e. The summed E-state index contributed by atoms with van der Waals surface area (Å²) in [5, 5.41) is 1.10. The van der Waals surface area contributed by atoms with E-state index in [1.807, 2.05) is 43.3 Å². The molecule has 0 aliphatic heterocycles. The number of hydrogen-bond donors (Lipinski definition) is 0. The van der Waals surface area contributed by atoms with E-state index < -0.39 is 0 Å². The van der Waals surface area contributed by atoms with Crippen LogP contribution in [0.25, 0.3) is 22.2 Å². The Hall–Kier alpha value is -2.22. The molecule has 0 amide bonds. The molecule has 0 spiro atoms. The summed E-state index contributed by atoms with van der Waals surface area (Å²) < 4.78 is 0. The van der Waals surface area contributed by atoms with E-state index in [0.717, 1.165) is 28.0 Å². The smallest absolute Gasteiger partial charge is 0.126 e. The Balaban J connectivity index is 2.36. The van der Waals surface area contributed by atoms with Crippen LogP contribution < -0.4 is 0 Å². The molecule has 82 valence electrons. The van der Waals surface area contributed by atoms with Gasteiger partial charge in [0.1, 0.15) is 5.82 Å². The van der Waals surface area contributed by atoms with Crippen LogP contribution in [0.5, 0.6) is 0 Å². The number of benzene rings is 2. The topological polar surface area (TPSA) is 25.8 Å². The third-order valence-corrected chi connectivity index (χ3v) is 2.76. The van der Waals surface area contributed by atoms with Crippen LogP contribution in [0.15, 0.2) is 54.6 Å². The van der Waals surface area contributed by atoms with Gasteiger partial charge in [-0.15, -0.1) is 0 Å². The summed E-state index contributed by atoms with van der Waals surface area (Å²) in [4.78, 5) is 9.01. The maximum atomic E-state index is 4.56. The first-order valence-corrected chi connectivity index (χ1v) is 5.63. The van der Waals surface area contributed by atoms with Crippen molar-refractivity contribution in [3.05, 3.63) is 60.4 Å². The molecule has 17 heavy (non-hydrogen) atoms. The first-order valence-electron chi connectivity index (χ1n) is 5.63. The number of hydrogen-bond acceptors (Lipinski definition) is 2. The molecule has 2 nitrogen and oxygen atoms in total. The third kappa shape index (κ3) is 1.78. The fourth-order valence-electron chi connectivity index (χ4n) is 2.01. The zero-order valence-corrected chi connectivity index (χ0v) is 9.59. The molecule has 0 atom stereocenters. The van der Waals surface area contributed by atoms with Crippen LogP contribution in [-0.2, 0) is 0 Å². The van der Waals surface area contributed by atoms with Crippen molar-refractivity contribution in [2.45, 2.75) is 6.92 Å². The van der Waals surface area contributed by atoms with Crippen LogP contribution in [0.3, 0.4) is 0 Å². The largest absolute Gasteiger partial charge is 0.233 e. The Morgan fingerprint density at radius 1 is 0.765 bits per heavy atom. The summed E-state index contributed by atoms with van der Waals surface area (Å²) >= 11 is 0. The summed E-state index contributed by atoms with van der Waals surface area (Å²) in [6.45, 7) is 1.93. The molecule has 0 aliphatic rings. The fraction of sp³-hybridized carbons (Fsp3) is 0.0667. The van der Waals surface area contributed by atoms with Gasteiger partial charge in [-0.05, 0) is 13.0 Å². The zero-order valence-electron chi connectivity index (χ0n) is 9.59. The second kappa shape index (κ2) is 3.98. The lowest BCUT2D eigenvalue weighted by atomic mass is 10.1. The highest BCUT2D eigenvalue weighted by Crippen LogP contribution is 2.25. The van der Waals surface area contributed by atoms with Crippen LogP contribution in [-0.4, -0.2) is 9.97 Å². The first-order chi connectivity index (χ1) is 8.34. The number of aromatic nitrogens is 2. The standard InChI is InChI=1S/C15H12N2/c1-11-16-14-10-6-5-9-13(14)15(17-11)12-7-3-2-4-8-12/h2-10H,1H3. The molecule has 0 bridgehead atoms. The van der Waals surface area contributed by atoms with Gasteiger partial charge >= 0.3 is 0 Å². The molecular weight excluding hydrogens is 208 g/mol. The van der Waals surface area contributed by atoms with Gasteiger partial charge in [0.15, 0.2) is 0 Å². The van der Waals surface area contributed by atoms with Crippen molar-refractivity contribution in [2.24, 2.45) is 0 Å². The molecule has 0 unspecified atom stereocenters. The predicted molar refractivity (Wildman–Crippen MR) is 69.7 cm³/mol. The Morgan fingerprint density at radius 2 is 1.47 bits per heavy atom. The van der Waals surface area contributed by atoms with E-state index in [1.165, 1.54) is 0 Å². The van der Waals surface area contributed by atoms with Gasteiger partial charge < -0.3 is 0 Å². The lowest BCUT2D eigenvalue weighted by molar-refractivity contribution is 1.10. The van der Waals surface area contributed by atoms with Crippen molar-refractivity contribution in [2.75, 3.05) is 0 Å². The van der Waals surface area contributed by atoms with Crippen molar-refractivity contribution >= 4 is 10.9 Å². The van der Waals surface area contributed by atoms with Crippen molar-refractivity contribution in [3.8, 4) is 11.3 Å². The average Bonchev–Trinajstić information content (AvgIpc) is 2.39. The summed E-state index contributed by atoms with van der Waals surface area (Å²) in [6.07, 6.45) is 0. The van der Waals surface area contributed by atoms with Crippen LogP contribution in [0.4, 0.5) is 0 Å². The number of aryl methyl sites for hydroxylation is 1. The van der Waals surface area contributed by atoms with Gasteiger partial charge in [-0.25, -0.2) is 9.97 Å². The number of fused-ring (bicyclic) bond motifs is 1. The van der Waals surface area contributed by atoms with Crippen molar-refractivity contribution in [1.82, 2.24) is 9.97 Å². The molecule has 2 aromatic carbocycles. The molecule has 0 radical (unpaired) electrons. The predicted octanol–water partition coefficient (Wildman–Crippen LogP) is 3.61. The minimum absolute atomic E-state index is 0.808. The van der Waals surface area contributed by atoms with Crippen LogP contribution in [0, 0.1) is 6.92 Å². The van der Waals surface area contributed by atoms with E-state index in [0.29, 0.717) is 0 Å². The lowest BCUT2D eigenvalue weighted by Crippen LogP contribution is -1.93. The Kier molecular flexibility index (Phi) is 2.33. The molecule has 0 N–H and O–H groups in total. The quantitative estimate of drug-likeness (QED) is 0.626. The summed E-state index contributed by atoms with van der Waals surface area (Å²) in [7, 11) is 0. The van der Waals surface area contributed by atoms with E-state index in [-0.39, 0.29) is 0 Å². The van der Waals surface area contributed by atoms with E-state index in [1.54, 1.807) is 0 Å². The number of rotatable bonds is 1. The minimum atomic E-state index is 0.808. The summed E-state index contributed by atoms with van der Waals surface area (Å²) in [5.41, 5.74) is 3.14. The molecule has 0 saturated carbocycles. The normalized spacial score (nSPS) is 10.6. The van der Waals surface area contributed by atoms with Gasteiger partial charge in [0, 0.05) is 10.9 Å². The van der Waals surface area contributed by atoms with E-state index in [4.69, 9.17) is 0 Å². The molecule has 0 aliphatic carbocycles. The molecule has 1 aromatic heterocycles. The average molecular weight is 220 g/mol. The first kappa shape index (κ1) is 9.97. The van der Waals surface area contributed by atoms with Crippen molar-refractivity contribution < 1.29 is 0 Å². The van der Waals surface area contributed by atoms with Crippen LogP contribution in [0.2, 0.25) is 0 Å². The second-order valence-corrected chi connectivity index (χ2v) is 4.00. The molecule has 0 fully saturated rings. The third-order valence-electron chi connectivity index (χ3n) is 2.76. The van der Waals surface area contributed by atoms with E-state index in [2.05, 4.69) is 28.2 Å². The molecule has 1 heterocycles. The number of nitrogens with zero attached hydrogens (tertiary/aromatic N) is 2. The van der Waals surface area contributed by atoms with Gasteiger partial charge in [0.25, 0.3) is 0 Å². The second-order valence-electron chi connectivity index (χ2n) is 4.00. The van der Waals surface area contributed by atoms with E-state index in [9.17, 15) is 0 Å². The van der Waals surface area contributed by atoms with Crippen molar-refractivity contribution in [3.63, 3.8) is 0 Å². The van der Waals surface area contributed by atoms with Gasteiger partial charge in [-0.3, -0.25) is 0 Å². The monoisotopic (exact) mass is 220 g/mol. The van der Waals surface area contributed by atoms with Gasteiger partial charge in [-0.1, -0.05) is 48.5 Å². The van der Waals surface area contributed by atoms with Crippen LogP contribution >= 0.6 is 0 Å². The Morgan fingerprint density at radius 3 is 2.29 bits per heavy atom. The molecule has 3 rings (SSSR count). The number of para-hydroxylation sites is 1. The molecule has 3 aromatic rings. The molecule has 2 heteroatoms. The highest BCUT2D eigenvalue weighted by atomic mass is 14.9. The van der Waals surface area contributed by atoms with Crippen molar-refractivity contribution in [1.29, 1.82) is 0 Å². The molecule has 0 saturated heterocycles. The summed E-state index contributed by atoms with van der Waals surface area (Å²) in [5.74, 6) is 0.808. The maximum Gasteiger partial charge on any atom is 0.126 e. The van der Waals surface area contributed by atoms with Gasteiger partial charge in [0.2, 0.25) is 0 Å². The SMILES string of the molecule is Cc1nc(-c2ccccc2)c2ccccc2n1. The highest BCUT2D eigenvalue weighted by Gasteiger charge is 2.06. The van der Waals surface area contributed by atoms with Crippen LogP contribution in [0.1, 0.15) is 5.82 Å². The molecular formula is C15H12N2. The zero-order chi connectivity index (χ0) is 11.7. The maximum absolute atomic E-state index is 4.56. The van der Waals surface area contributed by atoms with E-state index >= 15 is 0 Å². The lowest BCUT2D eigenvalue weighted by Gasteiger charge is -2.06. The summed E-state index contributed by atoms with van der Waals surface area (Å²) in [6, 6.07) is 18.3. The fourth-order valence-corrected chi connectivity index (χ4v) is 2.01. The Bertz CT molecular complexity index is 660. The highest BCUT2D eigenvalue weighted by molar-refractivity contribution is 5.92. The Labute approximate surface area is 100.0 Å².